The van der Waals surface area contributed by atoms with E-state index in [1.165, 1.54) is 24.8 Å². The molecule has 0 radical (unpaired) electrons. The van der Waals surface area contributed by atoms with E-state index in [0.717, 1.165) is 6.54 Å². The summed E-state index contributed by atoms with van der Waals surface area (Å²) >= 11 is 0. The summed E-state index contributed by atoms with van der Waals surface area (Å²) in [7, 11) is 3.29. The van der Waals surface area contributed by atoms with E-state index in [-0.39, 0.29) is 23.3 Å². The molecule has 1 aliphatic heterocycles. The summed E-state index contributed by atoms with van der Waals surface area (Å²) in [6, 6.07) is 16.1. The van der Waals surface area contributed by atoms with Crippen LogP contribution in [0.3, 0.4) is 0 Å². The predicted molar refractivity (Wildman–Crippen MR) is 149 cm³/mol. The number of rotatable bonds is 11. The van der Waals surface area contributed by atoms with Gasteiger partial charge in [-0.05, 0) is 31.5 Å². The number of nitro groups is 1. The third-order valence-corrected chi connectivity index (χ3v) is 6.77. The summed E-state index contributed by atoms with van der Waals surface area (Å²) < 4.78 is 10.9. The van der Waals surface area contributed by atoms with Crippen molar-refractivity contribution in [2.45, 2.75) is 46.6 Å². The lowest BCUT2D eigenvalue weighted by atomic mass is 9.74. The minimum Gasteiger partial charge on any atom is -0.468 e. The number of hydrogen-bond donors (Lipinski definition) is 0. The van der Waals surface area contributed by atoms with Crippen molar-refractivity contribution in [1.82, 2.24) is 4.90 Å². The summed E-state index contributed by atoms with van der Waals surface area (Å²) in [4.78, 5) is 44.4. The fourth-order valence-corrected chi connectivity index (χ4v) is 5.16. The first-order valence-electron chi connectivity index (χ1n) is 13.0. The van der Waals surface area contributed by atoms with Gasteiger partial charge in [-0.25, -0.2) is 4.79 Å². The van der Waals surface area contributed by atoms with E-state index < -0.39 is 28.7 Å². The Kier molecular flexibility index (Phi) is 9.75. The van der Waals surface area contributed by atoms with E-state index in [1.54, 1.807) is 19.1 Å². The molecule has 3 rings (SSSR count). The zero-order chi connectivity index (χ0) is 28.7. The summed E-state index contributed by atoms with van der Waals surface area (Å²) in [6.07, 6.45) is 0.450. The van der Waals surface area contributed by atoms with Crippen LogP contribution >= 0.6 is 0 Å². The topological polar surface area (TPSA) is 111 Å². The van der Waals surface area contributed by atoms with Gasteiger partial charge in [0.1, 0.15) is 5.92 Å². The van der Waals surface area contributed by atoms with Crippen LogP contribution in [0.1, 0.15) is 51.2 Å². The van der Waals surface area contributed by atoms with Gasteiger partial charge < -0.3 is 14.4 Å². The zero-order valence-electron chi connectivity index (χ0n) is 23.5. The number of benzene rings is 2. The van der Waals surface area contributed by atoms with Crippen molar-refractivity contribution < 1.29 is 24.0 Å². The molecule has 0 aliphatic carbocycles. The minimum absolute atomic E-state index is 0.135. The predicted octanol–water partition coefficient (Wildman–Crippen LogP) is 5.31. The molecule has 2 aromatic carbocycles. The van der Waals surface area contributed by atoms with Crippen LogP contribution in [0.5, 0.6) is 0 Å². The number of non-ortho nitro benzene ring substituents is 1. The van der Waals surface area contributed by atoms with Crippen LogP contribution in [0.15, 0.2) is 70.9 Å². The van der Waals surface area contributed by atoms with E-state index in [9.17, 15) is 19.7 Å². The van der Waals surface area contributed by atoms with Gasteiger partial charge in [-0.2, -0.15) is 0 Å². The van der Waals surface area contributed by atoms with Crippen LogP contribution in [-0.4, -0.2) is 54.8 Å². The molecule has 0 saturated carbocycles. The van der Waals surface area contributed by atoms with E-state index in [4.69, 9.17) is 9.47 Å². The normalized spacial score (nSPS) is 17.6. The zero-order valence-corrected chi connectivity index (χ0v) is 23.5. The van der Waals surface area contributed by atoms with Crippen LogP contribution < -0.4 is 0 Å². The van der Waals surface area contributed by atoms with Gasteiger partial charge in [0.05, 0.1) is 24.2 Å². The van der Waals surface area contributed by atoms with Crippen LogP contribution in [0.4, 0.5) is 5.69 Å². The number of carbonyl (C=O) groups is 2. The number of allylic oxidation sites excluding steroid dienone is 1. The molecule has 2 aromatic rings. The van der Waals surface area contributed by atoms with Crippen molar-refractivity contribution in [2.24, 2.45) is 16.3 Å². The molecule has 2 atom stereocenters. The molecule has 208 valence electrons. The molecule has 0 fully saturated rings. The van der Waals surface area contributed by atoms with Crippen LogP contribution in [-0.2, 0) is 25.6 Å². The first kappa shape index (κ1) is 29.7. The van der Waals surface area contributed by atoms with E-state index in [0.29, 0.717) is 29.9 Å². The Balaban J connectivity index is 1.88. The minimum atomic E-state index is -0.904. The highest BCUT2D eigenvalue weighted by Crippen LogP contribution is 2.41. The summed E-state index contributed by atoms with van der Waals surface area (Å²) in [5.74, 6) is -2.90. The van der Waals surface area contributed by atoms with Crippen molar-refractivity contribution in [2.75, 3.05) is 27.3 Å². The Bertz CT molecular complexity index is 1270. The molecule has 0 saturated heterocycles. The summed E-state index contributed by atoms with van der Waals surface area (Å²) in [5, 5.41) is 11.5. The highest BCUT2D eigenvalue weighted by atomic mass is 16.6. The molecule has 0 spiro atoms. The van der Waals surface area contributed by atoms with Gasteiger partial charge in [-0.1, -0.05) is 63.2 Å². The second-order valence-corrected chi connectivity index (χ2v) is 10.7. The van der Waals surface area contributed by atoms with Gasteiger partial charge in [0.25, 0.3) is 5.69 Å². The maximum atomic E-state index is 13.6. The molecular formula is C30H37N3O6. The van der Waals surface area contributed by atoms with E-state index in [2.05, 4.69) is 22.0 Å². The molecule has 1 heterocycles. The largest absolute Gasteiger partial charge is 0.468 e. The quantitative estimate of drug-likeness (QED) is 0.218. The maximum Gasteiger partial charge on any atom is 0.336 e. The summed E-state index contributed by atoms with van der Waals surface area (Å²) in [5.41, 5.74) is 2.31. The monoisotopic (exact) mass is 535 g/mol. The molecule has 9 heteroatoms. The Morgan fingerprint density at radius 1 is 1.13 bits per heavy atom. The number of hydrogen-bond acceptors (Lipinski definition) is 8. The highest BCUT2D eigenvalue weighted by Gasteiger charge is 2.43. The number of aliphatic imine (C=N–C) groups is 1. The maximum absolute atomic E-state index is 13.6. The Morgan fingerprint density at radius 3 is 2.44 bits per heavy atom. The Hall–Kier alpha value is -3.85. The molecule has 39 heavy (non-hydrogen) atoms. The standard InChI is InChI=1S/C30H37N3O6/c1-7-24-27(28(34)38-6)26(22-14-11-15-23(16-22)33(36)37)25(20(2)31-24)29(35)39-19-30(3,4)18-32(5)17-21-12-9-8-10-13-21/h8-16,26-27H,7,17-19H2,1-6H3. The average Bonchev–Trinajstić information content (AvgIpc) is 2.90. The molecular weight excluding hydrogens is 498 g/mol. The van der Waals surface area contributed by atoms with Gasteiger partial charge in [0.15, 0.2) is 0 Å². The SMILES string of the molecule is CCC1=NC(C)=C(C(=O)OCC(C)(C)CN(C)Cc2ccccc2)C(c2cccc([N+](=O)[O-])c2)C1C(=O)OC. The molecule has 1 aliphatic rings. The summed E-state index contributed by atoms with van der Waals surface area (Å²) in [6.45, 7) is 9.17. The lowest BCUT2D eigenvalue weighted by Gasteiger charge is -2.33. The van der Waals surface area contributed by atoms with Gasteiger partial charge in [-0.3, -0.25) is 19.9 Å². The Morgan fingerprint density at radius 2 is 1.82 bits per heavy atom. The Labute approximate surface area is 229 Å². The smallest absolute Gasteiger partial charge is 0.336 e. The fourth-order valence-electron chi connectivity index (χ4n) is 5.16. The molecule has 2 unspecified atom stereocenters. The third kappa shape index (κ3) is 7.38. The number of esters is 2. The van der Waals surface area contributed by atoms with Crippen molar-refractivity contribution in [3.63, 3.8) is 0 Å². The van der Waals surface area contributed by atoms with Crippen molar-refractivity contribution in [3.8, 4) is 0 Å². The van der Waals surface area contributed by atoms with Gasteiger partial charge >= 0.3 is 11.9 Å². The van der Waals surface area contributed by atoms with Gasteiger partial charge in [-0.15, -0.1) is 0 Å². The molecule has 0 amide bonds. The number of carbonyl (C=O) groups excluding carboxylic acids is 2. The second-order valence-electron chi connectivity index (χ2n) is 10.7. The average molecular weight is 536 g/mol. The molecule has 0 bridgehead atoms. The molecule has 0 N–H and O–H groups in total. The molecule has 9 nitrogen and oxygen atoms in total. The van der Waals surface area contributed by atoms with Gasteiger partial charge in [0.2, 0.25) is 0 Å². The van der Waals surface area contributed by atoms with E-state index >= 15 is 0 Å². The number of nitro benzene ring substituents is 1. The van der Waals surface area contributed by atoms with Crippen LogP contribution in [0.2, 0.25) is 0 Å². The highest BCUT2D eigenvalue weighted by molar-refractivity contribution is 6.07. The first-order valence-corrected chi connectivity index (χ1v) is 13.0. The number of nitrogens with zero attached hydrogens (tertiary/aromatic N) is 3. The van der Waals surface area contributed by atoms with Crippen molar-refractivity contribution >= 4 is 23.3 Å². The van der Waals surface area contributed by atoms with E-state index in [1.807, 2.05) is 46.0 Å². The third-order valence-electron chi connectivity index (χ3n) is 6.77. The van der Waals surface area contributed by atoms with Crippen molar-refractivity contribution in [1.29, 1.82) is 0 Å². The number of ether oxygens (including phenoxy) is 2. The van der Waals surface area contributed by atoms with Crippen molar-refractivity contribution in [3.05, 3.63) is 87.1 Å². The lowest BCUT2D eigenvalue weighted by Crippen LogP contribution is -2.38. The lowest BCUT2D eigenvalue weighted by molar-refractivity contribution is -0.384. The second kappa shape index (κ2) is 12.8. The first-order chi connectivity index (χ1) is 18.5. The van der Waals surface area contributed by atoms with Gasteiger partial charge in [0, 0.05) is 48.0 Å². The van der Waals surface area contributed by atoms with Crippen LogP contribution in [0, 0.1) is 21.4 Å². The fraction of sp³-hybridized carbons (Fsp3) is 0.433. The van der Waals surface area contributed by atoms with Crippen LogP contribution in [0.25, 0.3) is 0 Å². The number of methoxy groups -OCH3 is 1. The molecule has 0 aromatic heterocycles.